The van der Waals surface area contributed by atoms with Crippen LogP contribution in [0.3, 0.4) is 0 Å². The van der Waals surface area contributed by atoms with Crippen molar-refractivity contribution in [2.45, 2.75) is 32.9 Å². The maximum absolute atomic E-state index is 12.5. The molecule has 1 amide bonds. The Balaban J connectivity index is 1.58. The Bertz CT molecular complexity index is 830. The molecule has 1 unspecified atom stereocenters. The summed E-state index contributed by atoms with van der Waals surface area (Å²) in [4.78, 5) is 14.5. The van der Waals surface area contributed by atoms with Gasteiger partial charge >= 0.3 is 0 Å². The molecule has 1 aromatic carbocycles. The van der Waals surface area contributed by atoms with E-state index in [1.807, 2.05) is 42.2 Å². The molecule has 0 saturated carbocycles. The average molecular weight is 368 g/mol. The molecule has 2 heterocycles. The molecule has 1 N–H and O–H groups in total. The summed E-state index contributed by atoms with van der Waals surface area (Å²) in [6, 6.07) is 13.4. The first-order valence-corrected chi connectivity index (χ1v) is 9.08. The minimum absolute atomic E-state index is 0.0365. The number of carbonyl (C=O) groups is 1. The normalized spacial score (nSPS) is 12.3. The van der Waals surface area contributed by atoms with Gasteiger partial charge in [-0.1, -0.05) is 37.3 Å². The first kappa shape index (κ1) is 18.8. The van der Waals surface area contributed by atoms with E-state index in [1.54, 1.807) is 18.4 Å². The Morgan fingerprint density at radius 1 is 1.19 bits per heavy atom. The van der Waals surface area contributed by atoms with Crippen LogP contribution >= 0.6 is 0 Å². The second-order valence-electron chi connectivity index (χ2n) is 6.39. The van der Waals surface area contributed by atoms with E-state index in [-0.39, 0.29) is 18.5 Å². The minimum Gasteiger partial charge on any atom is -0.459 e. The number of nitrogens with one attached hydrogen (secondary N) is 1. The smallest absolute Gasteiger partial charge is 0.283 e. The van der Waals surface area contributed by atoms with Crippen molar-refractivity contribution < 1.29 is 13.6 Å². The lowest BCUT2D eigenvalue weighted by Gasteiger charge is -2.21. The molecule has 2 aromatic heterocycles. The van der Waals surface area contributed by atoms with Crippen molar-refractivity contribution in [3.05, 3.63) is 60.2 Å². The van der Waals surface area contributed by atoms with E-state index in [2.05, 4.69) is 22.4 Å². The summed E-state index contributed by atoms with van der Waals surface area (Å²) in [5.74, 6) is 1.29. The van der Waals surface area contributed by atoms with Crippen LogP contribution < -0.4 is 5.32 Å². The van der Waals surface area contributed by atoms with E-state index in [0.29, 0.717) is 24.1 Å². The van der Waals surface area contributed by atoms with Crippen molar-refractivity contribution in [2.24, 2.45) is 0 Å². The number of amides is 1. The molecule has 7 nitrogen and oxygen atoms in total. The predicted molar refractivity (Wildman–Crippen MR) is 101 cm³/mol. The molecule has 0 spiro atoms. The standard InChI is InChI=1S/C20H24N4O3/c1-3-11-24(13-18(25)21-15(2)16-8-5-4-6-9-16)14-19-22-23-20(27-19)17-10-7-12-26-17/h4-10,12,15H,3,11,13-14H2,1-2H3,(H,21,25). The van der Waals surface area contributed by atoms with Crippen LogP contribution in [0.25, 0.3) is 11.7 Å². The van der Waals surface area contributed by atoms with E-state index in [9.17, 15) is 4.79 Å². The zero-order chi connectivity index (χ0) is 19.1. The second-order valence-corrected chi connectivity index (χ2v) is 6.39. The van der Waals surface area contributed by atoms with Gasteiger partial charge in [-0.2, -0.15) is 0 Å². The number of rotatable bonds is 9. The third kappa shape index (κ3) is 5.27. The van der Waals surface area contributed by atoms with Gasteiger partial charge in [0.25, 0.3) is 5.89 Å². The second kappa shape index (κ2) is 9.14. The topological polar surface area (TPSA) is 84.4 Å². The number of carbonyl (C=O) groups excluding carboxylic acids is 1. The third-order valence-electron chi connectivity index (χ3n) is 4.14. The lowest BCUT2D eigenvalue weighted by Crippen LogP contribution is -2.38. The highest BCUT2D eigenvalue weighted by atomic mass is 16.4. The molecule has 0 bridgehead atoms. The molecule has 3 rings (SSSR count). The van der Waals surface area contributed by atoms with Crippen molar-refractivity contribution >= 4 is 5.91 Å². The Hall–Kier alpha value is -2.93. The number of nitrogens with zero attached hydrogens (tertiary/aromatic N) is 3. The molecular formula is C20H24N4O3. The van der Waals surface area contributed by atoms with Crippen LogP contribution in [0.5, 0.6) is 0 Å². The van der Waals surface area contributed by atoms with Crippen molar-refractivity contribution in [1.29, 1.82) is 0 Å². The van der Waals surface area contributed by atoms with Gasteiger partial charge in [0.15, 0.2) is 5.76 Å². The maximum Gasteiger partial charge on any atom is 0.283 e. The molecule has 0 radical (unpaired) electrons. The molecule has 0 aliphatic carbocycles. The van der Waals surface area contributed by atoms with Gasteiger partial charge in [-0.05, 0) is 37.6 Å². The van der Waals surface area contributed by atoms with Crippen molar-refractivity contribution in [2.75, 3.05) is 13.1 Å². The SMILES string of the molecule is CCCN(CC(=O)NC(C)c1ccccc1)Cc1nnc(-c2ccco2)o1. The van der Waals surface area contributed by atoms with E-state index >= 15 is 0 Å². The molecule has 0 aliphatic heterocycles. The summed E-state index contributed by atoms with van der Waals surface area (Å²) in [5.41, 5.74) is 1.08. The number of benzene rings is 1. The summed E-state index contributed by atoms with van der Waals surface area (Å²) >= 11 is 0. The van der Waals surface area contributed by atoms with Gasteiger partial charge in [0.2, 0.25) is 11.8 Å². The molecular weight excluding hydrogens is 344 g/mol. The summed E-state index contributed by atoms with van der Waals surface area (Å²) in [6.07, 6.45) is 2.47. The number of aromatic nitrogens is 2. The maximum atomic E-state index is 12.5. The highest BCUT2D eigenvalue weighted by molar-refractivity contribution is 5.78. The fourth-order valence-electron chi connectivity index (χ4n) is 2.85. The van der Waals surface area contributed by atoms with Crippen molar-refractivity contribution in [3.8, 4) is 11.7 Å². The average Bonchev–Trinajstić information content (AvgIpc) is 3.34. The summed E-state index contributed by atoms with van der Waals surface area (Å²) in [7, 11) is 0. The Labute approximate surface area is 158 Å². The van der Waals surface area contributed by atoms with E-state index < -0.39 is 0 Å². The number of hydrogen-bond donors (Lipinski definition) is 1. The molecule has 0 fully saturated rings. The highest BCUT2D eigenvalue weighted by Crippen LogP contribution is 2.18. The fraction of sp³-hybridized carbons (Fsp3) is 0.350. The van der Waals surface area contributed by atoms with Crippen LogP contribution in [0, 0.1) is 0 Å². The Morgan fingerprint density at radius 3 is 2.70 bits per heavy atom. The van der Waals surface area contributed by atoms with Crippen LogP contribution in [0.4, 0.5) is 0 Å². The molecule has 142 valence electrons. The summed E-state index contributed by atoms with van der Waals surface area (Å²) < 4.78 is 10.9. The van der Waals surface area contributed by atoms with Gasteiger partial charge in [0.1, 0.15) is 0 Å². The number of hydrogen-bond acceptors (Lipinski definition) is 6. The highest BCUT2D eigenvalue weighted by Gasteiger charge is 2.17. The molecule has 0 aliphatic rings. The van der Waals surface area contributed by atoms with Gasteiger partial charge in [-0.25, -0.2) is 0 Å². The van der Waals surface area contributed by atoms with Crippen LogP contribution in [0.15, 0.2) is 57.6 Å². The van der Waals surface area contributed by atoms with Crippen LogP contribution in [0.1, 0.15) is 37.8 Å². The van der Waals surface area contributed by atoms with Crippen LogP contribution in [-0.4, -0.2) is 34.1 Å². The molecule has 3 aromatic rings. The monoisotopic (exact) mass is 368 g/mol. The van der Waals surface area contributed by atoms with Gasteiger partial charge < -0.3 is 14.2 Å². The fourth-order valence-corrected chi connectivity index (χ4v) is 2.85. The quantitative estimate of drug-likeness (QED) is 0.623. The summed E-state index contributed by atoms with van der Waals surface area (Å²) in [5, 5.41) is 11.1. The zero-order valence-electron chi connectivity index (χ0n) is 15.6. The van der Waals surface area contributed by atoms with Gasteiger partial charge in [-0.3, -0.25) is 9.69 Å². The predicted octanol–water partition coefficient (Wildman–Crippen LogP) is 3.42. The van der Waals surface area contributed by atoms with Gasteiger partial charge in [0, 0.05) is 0 Å². The zero-order valence-corrected chi connectivity index (χ0v) is 15.6. The Morgan fingerprint density at radius 2 is 2.00 bits per heavy atom. The third-order valence-corrected chi connectivity index (χ3v) is 4.14. The molecule has 27 heavy (non-hydrogen) atoms. The van der Waals surface area contributed by atoms with Crippen LogP contribution in [-0.2, 0) is 11.3 Å². The number of furan rings is 1. The molecule has 1 atom stereocenters. The van der Waals surface area contributed by atoms with E-state index in [1.165, 1.54) is 0 Å². The van der Waals surface area contributed by atoms with E-state index in [4.69, 9.17) is 8.83 Å². The van der Waals surface area contributed by atoms with Gasteiger partial charge in [0.05, 0.1) is 25.4 Å². The largest absolute Gasteiger partial charge is 0.459 e. The minimum atomic E-state index is -0.0452. The van der Waals surface area contributed by atoms with Crippen LogP contribution in [0.2, 0.25) is 0 Å². The molecule has 0 saturated heterocycles. The first-order chi connectivity index (χ1) is 13.2. The van der Waals surface area contributed by atoms with E-state index in [0.717, 1.165) is 18.5 Å². The van der Waals surface area contributed by atoms with Gasteiger partial charge in [-0.15, -0.1) is 10.2 Å². The Kier molecular flexibility index (Phi) is 6.38. The lowest BCUT2D eigenvalue weighted by atomic mass is 10.1. The lowest BCUT2D eigenvalue weighted by molar-refractivity contribution is -0.123. The van der Waals surface area contributed by atoms with Crippen molar-refractivity contribution in [1.82, 2.24) is 20.4 Å². The first-order valence-electron chi connectivity index (χ1n) is 9.08. The summed E-state index contributed by atoms with van der Waals surface area (Å²) in [6.45, 7) is 5.48. The van der Waals surface area contributed by atoms with Crippen molar-refractivity contribution in [3.63, 3.8) is 0 Å². The molecule has 7 heteroatoms.